The molecule has 3 rings (SSSR count). The van der Waals surface area contributed by atoms with Gasteiger partial charge in [0.05, 0.1) is 31.7 Å². The van der Waals surface area contributed by atoms with Crippen LogP contribution in [0.1, 0.15) is 33.1 Å². The van der Waals surface area contributed by atoms with E-state index < -0.39 is 5.60 Å². The highest BCUT2D eigenvalue weighted by molar-refractivity contribution is 5.83. The summed E-state index contributed by atoms with van der Waals surface area (Å²) in [5, 5.41) is 0. The van der Waals surface area contributed by atoms with Crippen molar-refractivity contribution in [3.8, 4) is 0 Å². The number of carbonyl (C=O) groups is 2. The second-order valence-electron chi connectivity index (χ2n) is 7.43. The van der Waals surface area contributed by atoms with Crippen LogP contribution in [0.4, 0.5) is 0 Å². The second-order valence-corrected chi connectivity index (χ2v) is 7.43. The Hall–Kier alpha value is -1.40. The van der Waals surface area contributed by atoms with Crippen molar-refractivity contribution in [2.75, 3.05) is 46.0 Å². The Balaban J connectivity index is 1.76. The van der Waals surface area contributed by atoms with Crippen molar-refractivity contribution in [3.63, 3.8) is 0 Å². The van der Waals surface area contributed by atoms with E-state index in [4.69, 9.17) is 9.47 Å². The summed E-state index contributed by atoms with van der Waals surface area (Å²) in [6, 6.07) is 0. The molecule has 2 heterocycles. The van der Waals surface area contributed by atoms with E-state index in [9.17, 15) is 9.59 Å². The van der Waals surface area contributed by atoms with Crippen LogP contribution in [0, 0.1) is 5.41 Å². The van der Waals surface area contributed by atoms with Gasteiger partial charge in [-0.05, 0) is 26.2 Å². The molecule has 2 atom stereocenters. The Morgan fingerprint density at radius 1 is 1.33 bits per heavy atom. The number of allylic oxidation sites excluding steroid dienone is 2. The van der Waals surface area contributed by atoms with Crippen molar-refractivity contribution >= 4 is 11.8 Å². The molecule has 2 aliphatic heterocycles. The number of amides is 2. The van der Waals surface area contributed by atoms with Gasteiger partial charge in [0, 0.05) is 13.1 Å². The van der Waals surface area contributed by atoms with Crippen LogP contribution in [-0.4, -0.2) is 73.2 Å². The number of carbonyl (C=O) groups excluding carboxylic acids is 2. The minimum absolute atomic E-state index is 0.00891. The first-order valence-corrected chi connectivity index (χ1v) is 8.92. The zero-order valence-electron chi connectivity index (χ0n) is 14.8. The van der Waals surface area contributed by atoms with E-state index >= 15 is 0 Å². The summed E-state index contributed by atoms with van der Waals surface area (Å²) in [5.41, 5.74) is -0.938. The number of morpholine rings is 1. The fourth-order valence-corrected chi connectivity index (χ4v) is 3.88. The normalized spacial score (nSPS) is 34.5. The minimum atomic E-state index is -0.600. The maximum Gasteiger partial charge on any atom is 0.248 e. The molecule has 6 heteroatoms. The molecular weight excluding hydrogens is 308 g/mol. The molecule has 0 aromatic heterocycles. The SMILES string of the molecule is CCN1CC2(COCCN(C(=O)C3(C)CC=CCC3)C2)OCC1=O. The van der Waals surface area contributed by atoms with Crippen molar-refractivity contribution in [2.45, 2.75) is 38.7 Å². The van der Waals surface area contributed by atoms with Gasteiger partial charge in [-0.15, -0.1) is 0 Å². The maximum absolute atomic E-state index is 13.2. The molecule has 1 aliphatic carbocycles. The Morgan fingerprint density at radius 3 is 2.88 bits per heavy atom. The Morgan fingerprint density at radius 2 is 2.17 bits per heavy atom. The van der Waals surface area contributed by atoms with Crippen molar-refractivity contribution in [1.29, 1.82) is 0 Å². The summed E-state index contributed by atoms with van der Waals surface area (Å²) in [6.45, 7) is 7.26. The summed E-state index contributed by atoms with van der Waals surface area (Å²) in [6.07, 6.45) is 6.88. The number of hydrogen-bond donors (Lipinski definition) is 0. The first kappa shape index (κ1) is 17.4. The number of rotatable bonds is 2. The summed E-state index contributed by atoms with van der Waals surface area (Å²) in [5.74, 6) is 0.190. The zero-order chi connectivity index (χ0) is 17.2. The van der Waals surface area contributed by atoms with E-state index in [0.29, 0.717) is 39.4 Å². The molecule has 2 saturated heterocycles. The Kier molecular flexibility index (Phi) is 4.97. The molecule has 2 fully saturated rings. The van der Waals surface area contributed by atoms with Crippen LogP contribution in [0.3, 0.4) is 0 Å². The minimum Gasteiger partial charge on any atom is -0.376 e. The van der Waals surface area contributed by atoms with Crippen LogP contribution in [0.15, 0.2) is 12.2 Å². The monoisotopic (exact) mass is 336 g/mol. The summed E-state index contributed by atoms with van der Waals surface area (Å²) >= 11 is 0. The molecule has 0 bridgehead atoms. The zero-order valence-corrected chi connectivity index (χ0v) is 14.8. The lowest BCUT2D eigenvalue weighted by atomic mass is 9.77. The standard InChI is InChI=1S/C18H28N2O4/c1-3-19-12-18(24-11-15(19)21)13-20(9-10-23-14-18)16(22)17(2)7-5-4-6-8-17/h4-5H,3,6-14H2,1-2H3. The van der Waals surface area contributed by atoms with Crippen molar-refractivity contribution in [2.24, 2.45) is 5.41 Å². The number of nitrogens with zero attached hydrogens (tertiary/aromatic N) is 2. The molecule has 3 aliphatic rings. The molecule has 0 saturated carbocycles. The van der Waals surface area contributed by atoms with E-state index in [-0.39, 0.29) is 23.8 Å². The third-order valence-corrected chi connectivity index (χ3v) is 5.47. The molecule has 0 radical (unpaired) electrons. The van der Waals surface area contributed by atoms with Crippen LogP contribution in [0.25, 0.3) is 0 Å². The molecule has 0 aromatic carbocycles. The fourth-order valence-electron chi connectivity index (χ4n) is 3.88. The lowest BCUT2D eigenvalue weighted by Crippen LogP contribution is -2.61. The van der Waals surface area contributed by atoms with Gasteiger partial charge < -0.3 is 19.3 Å². The molecule has 2 amide bonds. The van der Waals surface area contributed by atoms with Gasteiger partial charge in [0.1, 0.15) is 12.2 Å². The van der Waals surface area contributed by atoms with Crippen molar-refractivity contribution < 1.29 is 19.1 Å². The van der Waals surface area contributed by atoms with Crippen LogP contribution >= 0.6 is 0 Å². The van der Waals surface area contributed by atoms with Gasteiger partial charge in [-0.1, -0.05) is 19.1 Å². The van der Waals surface area contributed by atoms with E-state index in [1.54, 1.807) is 4.90 Å². The Labute approximate surface area is 143 Å². The molecule has 1 spiro atoms. The van der Waals surface area contributed by atoms with Crippen molar-refractivity contribution in [1.82, 2.24) is 9.80 Å². The van der Waals surface area contributed by atoms with E-state index in [1.807, 2.05) is 11.8 Å². The maximum atomic E-state index is 13.2. The van der Waals surface area contributed by atoms with Crippen LogP contribution in [-0.2, 0) is 19.1 Å². The number of likely N-dealkylation sites (N-methyl/N-ethyl adjacent to an activating group) is 1. The average Bonchev–Trinajstić information content (AvgIpc) is 2.80. The summed E-state index contributed by atoms with van der Waals surface area (Å²) in [7, 11) is 0. The summed E-state index contributed by atoms with van der Waals surface area (Å²) < 4.78 is 11.7. The highest BCUT2D eigenvalue weighted by Crippen LogP contribution is 2.35. The highest BCUT2D eigenvalue weighted by Gasteiger charge is 2.46. The van der Waals surface area contributed by atoms with Crippen molar-refractivity contribution in [3.05, 3.63) is 12.2 Å². The average molecular weight is 336 g/mol. The Bertz CT molecular complexity index is 535. The lowest BCUT2D eigenvalue weighted by Gasteiger charge is -2.44. The largest absolute Gasteiger partial charge is 0.376 e. The third-order valence-electron chi connectivity index (χ3n) is 5.47. The molecule has 0 aromatic rings. The van der Waals surface area contributed by atoms with Crippen LogP contribution in [0.5, 0.6) is 0 Å². The molecule has 134 valence electrons. The van der Waals surface area contributed by atoms with Crippen LogP contribution in [0.2, 0.25) is 0 Å². The molecule has 24 heavy (non-hydrogen) atoms. The molecule has 6 nitrogen and oxygen atoms in total. The van der Waals surface area contributed by atoms with Gasteiger partial charge in [-0.3, -0.25) is 9.59 Å². The third kappa shape index (κ3) is 3.35. The van der Waals surface area contributed by atoms with E-state index in [2.05, 4.69) is 19.1 Å². The first-order chi connectivity index (χ1) is 11.5. The van der Waals surface area contributed by atoms with E-state index in [0.717, 1.165) is 19.3 Å². The van der Waals surface area contributed by atoms with Gasteiger partial charge in [0.2, 0.25) is 11.8 Å². The van der Waals surface area contributed by atoms with Gasteiger partial charge in [-0.25, -0.2) is 0 Å². The first-order valence-electron chi connectivity index (χ1n) is 8.92. The topological polar surface area (TPSA) is 59.1 Å². The van der Waals surface area contributed by atoms with Gasteiger partial charge in [0.15, 0.2) is 0 Å². The molecule has 2 unspecified atom stereocenters. The smallest absolute Gasteiger partial charge is 0.248 e. The summed E-state index contributed by atoms with van der Waals surface area (Å²) in [4.78, 5) is 28.8. The fraction of sp³-hybridized carbons (Fsp3) is 0.778. The molecule has 0 N–H and O–H groups in total. The van der Waals surface area contributed by atoms with Gasteiger partial charge >= 0.3 is 0 Å². The predicted octanol–water partition coefficient (Wildman–Crippen LogP) is 1.21. The van der Waals surface area contributed by atoms with Gasteiger partial charge in [0.25, 0.3) is 0 Å². The number of hydrogen-bond acceptors (Lipinski definition) is 4. The quantitative estimate of drug-likeness (QED) is 0.711. The van der Waals surface area contributed by atoms with E-state index in [1.165, 1.54) is 0 Å². The predicted molar refractivity (Wildman–Crippen MR) is 89.4 cm³/mol. The second kappa shape index (κ2) is 6.84. The number of ether oxygens (including phenoxy) is 2. The molecular formula is C18H28N2O4. The van der Waals surface area contributed by atoms with Crippen LogP contribution < -0.4 is 0 Å². The lowest BCUT2D eigenvalue weighted by molar-refractivity contribution is -0.174. The highest BCUT2D eigenvalue weighted by atomic mass is 16.6. The van der Waals surface area contributed by atoms with Gasteiger partial charge in [-0.2, -0.15) is 0 Å².